The van der Waals surface area contributed by atoms with Gasteiger partial charge in [-0.1, -0.05) is 6.07 Å². The number of rotatable bonds is 5. The van der Waals surface area contributed by atoms with Gasteiger partial charge in [0, 0.05) is 44.3 Å². The van der Waals surface area contributed by atoms with Gasteiger partial charge in [-0.05, 0) is 50.7 Å². The lowest BCUT2D eigenvalue weighted by Crippen LogP contribution is -2.48. The lowest BCUT2D eigenvalue weighted by Gasteiger charge is -2.35. The topological polar surface area (TPSA) is 46.1 Å². The number of nitrogens with one attached hydrogen (secondary N) is 1. The number of hydrogen-bond donors (Lipinski definition) is 1. The lowest BCUT2D eigenvalue weighted by molar-refractivity contribution is -0.0721. The third-order valence-electron chi connectivity index (χ3n) is 6.22. The van der Waals surface area contributed by atoms with Crippen molar-refractivity contribution in [2.45, 2.75) is 62.7 Å². The smallest absolute Gasteiger partial charge is 0.193 e. The number of piperidine rings is 1. The van der Waals surface area contributed by atoms with E-state index < -0.39 is 11.6 Å². The molecule has 0 aromatic heterocycles. The van der Waals surface area contributed by atoms with Gasteiger partial charge in [-0.15, -0.1) is 0 Å². The third-order valence-corrected chi connectivity index (χ3v) is 6.22. The van der Waals surface area contributed by atoms with Crippen molar-refractivity contribution in [2.75, 3.05) is 33.4 Å². The fourth-order valence-electron chi connectivity index (χ4n) is 4.42. The van der Waals surface area contributed by atoms with Gasteiger partial charge in [-0.2, -0.15) is 0 Å². The highest BCUT2D eigenvalue weighted by Gasteiger charge is 2.43. The molecule has 1 aromatic rings. The Kier molecular flexibility index (Phi) is 6.65. The zero-order valence-electron chi connectivity index (χ0n) is 17.1. The van der Waals surface area contributed by atoms with E-state index in [0.717, 1.165) is 57.8 Å². The van der Waals surface area contributed by atoms with Gasteiger partial charge >= 0.3 is 0 Å². The van der Waals surface area contributed by atoms with Crippen molar-refractivity contribution >= 4 is 5.96 Å². The first-order valence-corrected chi connectivity index (χ1v) is 10.8. The molecule has 4 rings (SSSR count). The summed E-state index contributed by atoms with van der Waals surface area (Å²) in [5, 5.41) is 3.39. The van der Waals surface area contributed by atoms with E-state index in [1.807, 2.05) is 0 Å². The van der Waals surface area contributed by atoms with Gasteiger partial charge in [0.2, 0.25) is 0 Å². The maximum atomic E-state index is 14.0. The summed E-state index contributed by atoms with van der Waals surface area (Å²) < 4.78 is 39.8. The van der Waals surface area contributed by atoms with Crippen LogP contribution in [0.15, 0.2) is 23.2 Å². The first-order valence-electron chi connectivity index (χ1n) is 10.8. The van der Waals surface area contributed by atoms with Crippen molar-refractivity contribution in [2.24, 2.45) is 4.99 Å². The van der Waals surface area contributed by atoms with Crippen molar-refractivity contribution in [3.63, 3.8) is 0 Å². The quantitative estimate of drug-likeness (QED) is 0.600. The van der Waals surface area contributed by atoms with Gasteiger partial charge in [0.25, 0.3) is 0 Å². The number of guanidine groups is 1. The molecule has 160 valence electrons. The van der Waals surface area contributed by atoms with E-state index in [1.54, 1.807) is 7.05 Å². The van der Waals surface area contributed by atoms with Gasteiger partial charge in [-0.3, -0.25) is 4.99 Å². The highest BCUT2D eigenvalue weighted by Crippen LogP contribution is 2.43. The van der Waals surface area contributed by atoms with Crippen LogP contribution in [0.2, 0.25) is 0 Å². The highest BCUT2D eigenvalue weighted by atomic mass is 19.1. The summed E-state index contributed by atoms with van der Waals surface area (Å²) in [6, 6.07) is 4.08. The molecule has 7 heteroatoms. The second-order valence-corrected chi connectivity index (χ2v) is 8.28. The maximum Gasteiger partial charge on any atom is 0.193 e. The van der Waals surface area contributed by atoms with Crippen LogP contribution in [0, 0.1) is 11.6 Å². The minimum Gasteiger partial charge on any atom is -0.376 e. The molecule has 1 N–H and O–H groups in total. The van der Waals surface area contributed by atoms with Crippen molar-refractivity contribution in [1.82, 2.24) is 10.2 Å². The first-order chi connectivity index (χ1) is 14.2. The minimum atomic E-state index is -0.464. The molecule has 29 heavy (non-hydrogen) atoms. The predicted molar refractivity (Wildman–Crippen MR) is 108 cm³/mol. The van der Waals surface area contributed by atoms with Crippen LogP contribution in [0.5, 0.6) is 0 Å². The lowest BCUT2D eigenvalue weighted by atomic mass is 10.1. The standard InChI is InChI=1S/C22H31F2N3O2/c1-25-22(26-20-13-17(20)21-18(23)6-4-7-19(21)24)27-10-8-15(9-11-27)29-14-16-5-2-3-12-28-16/h4,6-7,15-17,20H,2-3,5,8-14H2,1H3,(H,25,26). The van der Waals surface area contributed by atoms with Crippen LogP contribution in [0.1, 0.15) is 50.0 Å². The van der Waals surface area contributed by atoms with Crippen molar-refractivity contribution in [3.05, 3.63) is 35.4 Å². The molecule has 0 amide bonds. The largest absolute Gasteiger partial charge is 0.376 e. The molecule has 1 saturated carbocycles. The second kappa shape index (κ2) is 9.39. The van der Waals surface area contributed by atoms with Crippen LogP contribution in [-0.2, 0) is 9.47 Å². The molecule has 2 saturated heterocycles. The summed E-state index contributed by atoms with van der Waals surface area (Å²) in [6.45, 7) is 3.27. The number of hydrogen-bond acceptors (Lipinski definition) is 3. The van der Waals surface area contributed by atoms with E-state index in [2.05, 4.69) is 15.2 Å². The molecule has 3 fully saturated rings. The maximum absolute atomic E-state index is 14.0. The highest BCUT2D eigenvalue weighted by molar-refractivity contribution is 5.80. The Labute approximate surface area is 171 Å². The number of ether oxygens (including phenoxy) is 2. The summed E-state index contributed by atoms with van der Waals surface area (Å²) in [6.07, 6.45) is 6.61. The van der Waals surface area contributed by atoms with E-state index in [0.29, 0.717) is 6.61 Å². The molecule has 5 nitrogen and oxygen atoms in total. The molecule has 1 aromatic carbocycles. The van der Waals surface area contributed by atoms with Crippen LogP contribution in [0.25, 0.3) is 0 Å². The van der Waals surface area contributed by atoms with E-state index in [1.165, 1.54) is 24.6 Å². The molecule has 3 atom stereocenters. The van der Waals surface area contributed by atoms with Crippen LogP contribution >= 0.6 is 0 Å². The third kappa shape index (κ3) is 5.07. The Morgan fingerprint density at radius 1 is 1.21 bits per heavy atom. The van der Waals surface area contributed by atoms with E-state index in [9.17, 15) is 8.78 Å². The number of halogens is 2. The second-order valence-electron chi connectivity index (χ2n) is 8.28. The Morgan fingerprint density at radius 2 is 1.97 bits per heavy atom. The molecule has 3 aliphatic rings. The normalized spacial score (nSPS) is 28.4. The zero-order chi connectivity index (χ0) is 20.2. The van der Waals surface area contributed by atoms with Gasteiger partial charge in [0.15, 0.2) is 5.96 Å². The Bertz CT molecular complexity index is 696. The van der Waals surface area contributed by atoms with Crippen molar-refractivity contribution in [1.29, 1.82) is 0 Å². The van der Waals surface area contributed by atoms with Gasteiger partial charge in [0.05, 0.1) is 18.8 Å². The molecule has 0 spiro atoms. The summed E-state index contributed by atoms with van der Waals surface area (Å²) in [5.74, 6) is -0.254. The SMILES string of the molecule is CN=C(NC1CC1c1c(F)cccc1F)N1CCC(OCC2CCCCO2)CC1. The summed E-state index contributed by atoms with van der Waals surface area (Å²) in [5.41, 5.74) is 0.192. The average molecular weight is 408 g/mol. The van der Waals surface area contributed by atoms with E-state index in [4.69, 9.17) is 9.47 Å². The monoisotopic (exact) mass is 407 g/mol. The Hall–Kier alpha value is -1.73. The van der Waals surface area contributed by atoms with E-state index in [-0.39, 0.29) is 29.7 Å². The minimum absolute atomic E-state index is 0.0255. The molecule has 0 bridgehead atoms. The molecule has 2 aliphatic heterocycles. The zero-order valence-corrected chi connectivity index (χ0v) is 17.1. The van der Waals surface area contributed by atoms with Gasteiger partial charge in [-0.25, -0.2) is 8.78 Å². The predicted octanol–water partition coefficient (Wildman–Crippen LogP) is 3.45. The average Bonchev–Trinajstić information content (AvgIpc) is 3.50. The molecular formula is C22H31F2N3O2. The van der Waals surface area contributed by atoms with Crippen LogP contribution in [0.4, 0.5) is 8.78 Å². The van der Waals surface area contributed by atoms with E-state index >= 15 is 0 Å². The van der Waals surface area contributed by atoms with Crippen molar-refractivity contribution in [3.8, 4) is 0 Å². The number of benzene rings is 1. The molecule has 1 aliphatic carbocycles. The molecule has 0 radical (unpaired) electrons. The number of nitrogens with zero attached hydrogens (tertiary/aromatic N) is 2. The van der Waals surface area contributed by atoms with Crippen LogP contribution in [0.3, 0.4) is 0 Å². The van der Waals surface area contributed by atoms with Crippen LogP contribution in [-0.4, -0.2) is 62.5 Å². The van der Waals surface area contributed by atoms with Gasteiger partial charge < -0.3 is 19.7 Å². The summed E-state index contributed by atoms with van der Waals surface area (Å²) in [4.78, 5) is 6.60. The Balaban J connectivity index is 1.23. The summed E-state index contributed by atoms with van der Waals surface area (Å²) >= 11 is 0. The number of aliphatic imine (C=N–C) groups is 1. The summed E-state index contributed by atoms with van der Waals surface area (Å²) in [7, 11) is 1.76. The van der Waals surface area contributed by atoms with Gasteiger partial charge in [0.1, 0.15) is 11.6 Å². The number of likely N-dealkylation sites (tertiary alicyclic amines) is 1. The van der Waals surface area contributed by atoms with Crippen molar-refractivity contribution < 1.29 is 18.3 Å². The first kappa shape index (κ1) is 20.5. The van der Waals surface area contributed by atoms with Crippen LogP contribution < -0.4 is 5.32 Å². The molecule has 3 unspecified atom stereocenters. The Morgan fingerprint density at radius 3 is 2.62 bits per heavy atom. The molecular weight excluding hydrogens is 376 g/mol. The molecule has 2 heterocycles. The fraction of sp³-hybridized carbons (Fsp3) is 0.682. The fourth-order valence-corrected chi connectivity index (χ4v) is 4.42.